The molecule has 208 valence electrons. The molecular formula is C36H48ClN2+. The zero-order valence-electron chi connectivity index (χ0n) is 25.0. The van der Waals surface area contributed by atoms with Crippen LogP contribution in [0.25, 0.3) is 0 Å². The number of para-hydroxylation sites is 2. The highest BCUT2D eigenvalue weighted by molar-refractivity contribution is 6.32. The van der Waals surface area contributed by atoms with Gasteiger partial charge in [-0.2, -0.15) is 0 Å². The predicted molar refractivity (Wildman–Crippen MR) is 170 cm³/mol. The van der Waals surface area contributed by atoms with E-state index in [1.54, 1.807) is 0 Å². The number of halogens is 1. The minimum absolute atomic E-state index is 0.0210. The van der Waals surface area contributed by atoms with Gasteiger partial charge in [0.25, 0.3) is 0 Å². The first-order valence-corrected chi connectivity index (χ1v) is 15.3. The second-order valence-electron chi connectivity index (χ2n) is 12.3. The van der Waals surface area contributed by atoms with Crippen LogP contribution in [-0.2, 0) is 10.8 Å². The summed E-state index contributed by atoms with van der Waals surface area (Å²) in [5.74, 6) is 0. The fourth-order valence-electron chi connectivity index (χ4n) is 6.19. The first kappa shape index (κ1) is 29.4. The Morgan fingerprint density at radius 1 is 0.974 bits per heavy atom. The van der Waals surface area contributed by atoms with E-state index in [2.05, 4.69) is 125 Å². The molecule has 0 bridgehead atoms. The summed E-state index contributed by atoms with van der Waals surface area (Å²) in [6.45, 7) is 16.0. The molecule has 0 aromatic heterocycles. The Kier molecular flexibility index (Phi) is 9.62. The first-order valence-electron chi connectivity index (χ1n) is 15.0. The Morgan fingerprint density at radius 2 is 1.72 bits per heavy atom. The summed E-state index contributed by atoms with van der Waals surface area (Å²) in [4.78, 5) is 2.51. The molecule has 2 N–H and O–H groups in total. The molecule has 0 unspecified atom stereocenters. The third kappa shape index (κ3) is 6.44. The van der Waals surface area contributed by atoms with E-state index in [0.29, 0.717) is 0 Å². The van der Waals surface area contributed by atoms with Crippen LogP contribution in [-0.4, -0.2) is 13.1 Å². The van der Waals surface area contributed by atoms with Crippen LogP contribution in [0.3, 0.4) is 0 Å². The van der Waals surface area contributed by atoms with Gasteiger partial charge in [0, 0.05) is 33.9 Å². The largest absolute Gasteiger partial charge is 0.344 e. The molecule has 1 aliphatic carbocycles. The summed E-state index contributed by atoms with van der Waals surface area (Å²) >= 11 is 7.05. The van der Waals surface area contributed by atoms with Crippen molar-refractivity contribution in [2.45, 2.75) is 90.9 Å². The average molecular weight is 544 g/mol. The van der Waals surface area contributed by atoms with Gasteiger partial charge < -0.3 is 10.2 Å². The lowest BCUT2D eigenvalue weighted by Gasteiger charge is -2.27. The zero-order chi connectivity index (χ0) is 28.0. The number of allylic oxidation sites excluding steroid dienone is 8. The highest BCUT2D eigenvalue weighted by Gasteiger charge is 2.39. The highest BCUT2D eigenvalue weighted by atomic mass is 35.5. The molecule has 2 aliphatic rings. The maximum Gasteiger partial charge on any atom is 0.133 e. The molecule has 3 heteroatoms. The van der Waals surface area contributed by atoms with Crippen LogP contribution in [0, 0.1) is 0 Å². The van der Waals surface area contributed by atoms with Crippen molar-refractivity contribution in [3.8, 4) is 0 Å². The Labute approximate surface area is 242 Å². The van der Waals surface area contributed by atoms with Gasteiger partial charge in [0.2, 0.25) is 0 Å². The van der Waals surface area contributed by atoms with E-state index in [9.17, 15) is 0 Å². The molecule has 0 amide bonds. The molecule has 0 fully saturated rings. The van der Waals surface area contributed by atoms with Crippen LogP contribution in [0.15, 0.2) is 94.7 Å². The molecule has 0 saturated carbocycles. The number of nitrogens with two attached hydrogens (primary N) is 1. The second-order valence-corrected chi connectivity index (χ2v) is 12.7. The summed E-state index contributed by atoms with van der Waals surface area (Å²) in [6.07, 6.45) is 15.8. The Balaban J connectivity index is 1.55. The number of fused-ring (bicyclic) bond motifs is 1. The minimum atomic E-state index is -0.0210. The molecule has 0 saturated heterocycles. The van der Waals surface area contributed by atoms with Crippen LogP contribution < -0.4 is 10.2 Å². The van der Waals surface area contributed by atoms with Crippen molar-refractivity contribution in [3.63, 3.8) is 0 Å². The van der Waals surface area contributed by atoms with Crippen LogP contribution in [0.1, 0.15) is 91.2 Å². The fourth-order valence-corrected chi connectivity index (χ4v) is 6.50. The van der Waals surface area contributed by atoms with Crippen LogP contribution in [0.2, 0.25) is 0 Å². The number of quaternary nitrogens is 1. The van der Waals surface area contributed by atoms with Crippen LogP contribution in [0.4, 0.5) is 11.4 Å². The van der Waals surface area contributed by atoms with Crippen LogP contribution in [0.5, 0.6) is 0 Å². The van der Waals surface area contributed by atoms with Crippen LogP contribution >= 0.6 is 11.6 Å². The summed E-state index contributed by atoms with van der Waals surface area (Å²) in [6, 6.07) is 17.7. The molecule has 0 atom stereocenters. The van der Waals surface area contributed by atoms with Gasteiger partial charge >= 0.3 is 0 Å². The van der Waals surface area contributed by atoms with Gasteiger partial charge in [-0.25, -0.2) is 0 Å². The summed E-state index contributed by atoms with van der Waals surface area (Å²) in [5, 5.41) is 3.33. The lowest BCUT2D eigenvalue weighted by Crippen LogP contribution is -2.78. The standard InChI is InChI=1S/C36H47ClN2/c1-7-25-38-31-20-11-9-18-29(31)35(3,4)24-14-17-27-15-13-16-28(34(27)37)22-23-33-36(5,6)30-19-10-12-21-32(30)39(33)26-8-2/h9-12,14,17-23,38H,7-8,13,15-16,24-26H2,1-6H3/p+1/b17-14+,28-22+,33-23+. The number of hydrogen-bond acceptors (Lipinski definition) is 1. The van der Waals surface area contributed by atoms with Gasteiger partial charge in [-0.05, 0) is 78.9 Å². The van der Waals surface area contributed by atoms with E-state index in [1.165, 1.54) is 45.8 Å². The van der Waals surface area contributed by atoms with Crippen molar-refractivity contribution < 1.29 is 5.32 Å². The van der Waals surface area contributed by atoms with E-state index in [4.69, 9.17) is 11.6 Å². The molecule has 4 rings (SSSR count). The molecule has 39 heavy (non-hydrogen) atoms. The third-order valence-corrected chi connectivity index (χ3v) is 8.92. The van der Waals surface area contributed by atoms with Crippen molar-refractivity contribution in [2.24, 2.45) is 0 Å². The fraction of sp³-hybridized carbons (Fsp3) is 0.444. The summed E-state index contributed by atoms with van der Waals surface area (Å²) < 4.78 is 0. The lowest BCUT2D eigenvalue weighted by molar-refractivity contribution is -0.572. The Hall–Kier alpha value is -2.55. The van der Waals surface area contributed by atoms with Gasteiger partial charge in [0.05, 0.1) is 6.54 Å². The smallest absolute Gasteiger partial charge is 0.133 e. The Morgan fingerprint density at radius 3 is 2.49 bits per heavy atom. The number of nitrogens with zero attached hydrogens (tertiary/aromatic N) is 1. The van der Waals surface area contributed by atoms with Crippen molar-refractivity contribution in [1.82, 2.24) is 0 Å². The topological polar surface area (TPSA) is 19.9 Å². The predicted octanol–water partition coefficient (Wildman–Crippen LogP) is 9.21. The molecule has 0 spiro atoms. The molecule has 0 radical (unpaired) electrons. The Bertz CT molecular complexity index is 1270. The second kappa shape index (κ2) is 12.7. The van der Waals surface area contributed by atoms with Crippen molar-refractivity contribution in [3.05, 3.63) is 106 Å². The molecule has 1 heterocycles. The average Bonchev–Trinajstić information content (AvgIpc) is 3.14. The van der Waals surface area contributed by atoms with E-state index in [1.807, 2.05) is 0 Å². The van der Waals surface area contributed by atoms with Gasteiger partial charge in [-0.3, -0.25) is 0 Å². The summed E-state index contributed by atoms with van der Waals surface area (Å²) in [7, 11) is 0. The SMILES string of the molecule is CCC[NH2+]c1ccccc1C(C)(C)C/C=C/C1=C(Cl)C(=C/C=C2/N(CCC)c3ccccc3C2(C)C)/CCC1. The maximum absolute atomic E-state index is 7.05. The van der Waals surface area contributed by atoms with Gasteiger partial charge in [-0.1, -0.05) is 108 Å². The van der Waals surface area contributed by atoms with E-state index in [0.717, 1.165) is 50.2 Å². The maximum atomic E-state index is 7.05. The van der Waals surface area contributed by atoms with Crippen molar-refractivity contribution in [2.75, 3.05) is 18.0 Å². The quantitative estimate of drug-likeness (QED) is 0.296. The number of hydrogen-bond donors (Lipinski definition) is 1. The highest BCUT2D eigenvalue weighted by Crippen LogP contribution is 2.48. The first-order chi connectivity index (χ1) is 18.7. The number of anilines is 1. The monoisotopic (exact) mass is 543 g/mol. The van der Waals surface area contributed by atoms with Gasteiger partial charge in [0.1, 0.15) is 5.69 Å². The molecule has 1 aliphatic heterocycles. The summed E-state index contributed by atoms with van der Waals surface area (Å²) in [5.41, 5.74) is 9.50. The van der Waals surface area contributed by atoms with Gasteiger partial charge in [-0.15, -0.1) is 0 Å². The molecule has 2 aromatic rings. The lowest BCUT2D eigenvalue weighted by atomic mass is 9.80. The normalized spacial score (nSPS) is 19.5. The van der Waals surface area contributed by atoms with E-state index >= 15 is 0 Å². The molecule has 2 aromatic carbocycles. The number of rotatable bonds is 10. The van der Waals surface area contributed by atoms with Gasteiger partial charge in [0.15, 0.2) is 0 Å². The molecule has 2 nitrogen and oxygen atoms in total. The minimum Gasteiger partial charge on any atom is -0.344 e. The zero-order valence-corrected chi connectivity index (χ0v) is 25.7. The van der Waals surface area contributed by atoms with Crippen molar-refractivity contribution >= 4 is 23.0 Å². The third-order valence-electron chi connectivity index (χ3n) is 8.44. The van der Waals surface area contributed by atoms with E-state index in [-0.39, 0.29) is 10.8 Å². The van der Waals surface area contributed by atoms with Crippen molar-refractivity contribution in [1.29, 1.82) is 0 Å². The molecular weight excluding hydrogens is 496 g/mol. The number of benzene rings is 2. The van der Waals surface area contributed by atoms with E-state index < -0.39 is 0 Å².